The highest BCUT2D eigenvalue weighted by Crippen LogP contribution is 2.41. The third-order valence-corrected chi connectivity index (χ3v) is 7.92. The lowest BCUT2D eigenvalue weighted by molar-refractivity contribution is 0.671. The first kappa shape index (κ1) is 22.9. The summed E-state index contributed by atoms with van der Waals surface area (Å²) in [7, 11) is 0. The van der Waals surface area contributed by atoms with Gasteiger partial charge >= 0.3 is 0 Å². The Balaban J connectivity index is 1.42. The fourth-order valence-corrected chi connectivity index (χ4v) is 5.97. The lowest BCUT2D eigenvalue weighted by Gasteiger charge is -2.11. The molecule has 6 nitrogen and oxygen atoms in total. The van der Waals surface area contributed by atoms with Crippen LogP contribution in [0.1, 0.15) is 0 Å². The molecule has 42 heavy (non-hydrogen) atoms. The second-order valence-electron chi connectivity index (χ2n) is 10.4. The quantitative estimate of drug-likeness (QED) is 0.224. The van der Waals surface area contributed by atoms with Crippen LogP contribution in [0.4, 0.5) is 0 Å². The average molecular weight is 540 g/mol. The molecule has 0 radical (unpaired) electrons. The molecule has 196 valence electrons. The zero-order chi connectivity index (χ0) is 27.6. The van der Waals surface area contributed by atoms with Gasteiger partial charge < -0.3 is 4.42 Å². The molecule has 0 aliphatic rings. The maximum atomic E-state index is 6.68. The number of hydrogen-bond acceptors (Lipinski definition) is 5. The number of rotatable bonds is 3. The van der Waals surface area contributed by atoms with E-state index >= 15 is 0 Å². The molecule has 0 bridgehead atoms. The number of aromatic nitrogens is 5. The molecule has 0 atom stereocenters. The van der Waals surface area contributed by atoms with Crippen molar-refractivity contribution < 1.29 is 4.42 Å². The minimum absolute atomic E-state index is 0.538. The van der Waals surface area contributed by atoms with Crippen LogP contribution in [0.25, 0.3) is 83.2 Å². The zero-order valence-corrected chi connectivity index (χ0v) is 22.3. The SMILES string of the molecule is c1ccc(-c2nc(-c3ccccc3)nc(-n3c4ccccc4c4ccc5c6cc7cnccc7cc6oc5c43)n2)cc1. The van der Waals surface area contributed by atoms with E-state index in [1.165, 1.54) is 0 Å². The van der Waals surface area contributed by atoms with Crippen LogP contribution in [0.15, 0.2) is 132 Å². The Morgan fingerprint density at radius 1 is 0.548 bits per heavy atom. The van der Waals surface area contributed by atoms with Gasteiger partial charge in [-0.15, -0.1) is 0 Å². The van der Waals surface area contributed by atoms with Gasteiger partial charge in [0.15, 0.2) is 17.2 Å². The highest BCUT2D eigenvalue weighted by molar-refractivity contribution is 6.22. The van der Waals surface area contributed by atoms with Crippen LogP contribution in [0.5, 0.6) is 0 Å². The smallest absolute Gasteiger partial charge is 0.238 e. The standard InChI is InChI=1S/C36H21N5O/c1-3-9-22(10-4-1)34-38-35(23-11-5-2-6-12-23)40-36(39-34)41-30-14-8-7-13-26(30)27-15-16-28-29-19-25-21-37-18-17-24(25)20-31(29)42-33(28)32(27)41/h1-21H. The van der Waals surface area contributed by atoms with E-state index < -0.39 is 0 Å². The molecule has 0 saturated carbocycles. The van der Waals surface area contributed by atoms with Gasteiger partial charge in [0.05, 0.1) is 5.52 Å². The summed E-state index contributed by atoms with van der Waals surface area (Å²) < 4.78 is 8.81. The number of benzene rings is 5. The third kappa shape index (κ3) is 3.39. The Labute approximate surface area is 239 Å². The molecule has 4 aromatic heterocycles. The number of pyridine rings is 1. The van der Waals surface area contributed by atoms with Gasteiger partial charge in [0.25, 0.3) is 0 Å². The van der Waals surface area contributed by atoms with Crippen molar-refractivity contribution in [3.05, 3.63) is 128 Å². The van der Waals surface area contributed by atoms with Gasteiger partial charge in [-0.05, 0) is 35.7 Å². The van der Waals surface area contributed by atoms with E-state index in [1.807, 2.05) is 85.2 Å². The first-order valence-electron chi connectivity index (χ1n) is 13.8. The third-order valence-electron chi connectivity index (χ3n) is 7.92. The van der Waals surface area contributed by atoms with Crippen molar-refractivity contribution in [1.82, 2.24) is 24.5 Å². The number of hydrogen-bond donors (Lipinski definition) is 0. The van der Waals surface area contributed by atoms with Crippen molar-refractivity contribution in [3.8, 4) is 28.7 Å². The van der Waals surface area contributed by atoms with Gasteiger partial charge in [0.2, 0.25) is 5.95 Å². The molecule has 6 heteroatoms. The molecular weight excluding hydrogens is 518 g/mol. The highest BCUT2D eigenvalue weighted by atomic mass is 16.3. The van der Waals surface area contributed by atoms with E-state index in [0.29, 0.717) is 17.6 Å². The summed E-state index contributed by atoms with van der Waals surface area (Å²) in [6, 6.07) is 39.0. The number of fused-ring (bicyclic) bond motifs is 8. The Morgan fingerprint density at radius 3 is 2.00 bits per heavy atom. The number of para-hydroxylation sites is 1. The fourth-order valence-electron chi connectivity index (χ4n) is 5.97. The van der Waals surface area contributed by atoms with Crippen molar-refractivity contribution >= 4 is 54.5 Å². The van der Waals surface area contributed by atoms with Gasteiger partial charge in [-0.3, -0.25) is 9.55 Å². The molecule has 5 aromatic carbocycles. The minimum atomic E-state index is 0.538. The van der Waals surface area contributed by atoms with E-state index in [4.69, 9.17) is 19.4 Å². The second-order valence-corrected chi connectivity index (χ2v) is 10.4. The Kier molecular flexibility index (Phi) is 4.80. The van der Waals surface area contributed by atoms with Gasteiger partial charge in [0, 0.05) is 50.5 Å². The highest BCUT2D eigenvalue weighted by Gasteiger charge is 2.22. The normalized spacial score (nSPS) is 11.8. The monoisotopic (exact) mass is 539 g/mol. The molecule has 0 aliphatic heterocycles. The first-order valence-corrected chi connectivity index (χ1v) is 13.8. The van der Waals surface area contributed by atoms with Crippen LogP contribution in [0.3, 0.4) is 0 Å². The van der Waals surface area contributed by atoms with Gasteiger partial charge in [-0.1, -0.05) is 84.9 Å². The predicted octanol–water partition coefficient (Wildman–Crippen LogP) is 8.75. The van der Waals surface area contributed by atoms with Gasteiger partial charge in [-0.25, -0.2) is 4.98 Å². The summed E-state index contributed by atoms with van der Waals surface area (Å²) in [5, 5.41) is 6.43. The summed E-state index contributed by atoms with van der Waals surface area (Å²) in [5.74, 6) is 1.76. The molecular formula is C36H21N5O. The summed E-state index contributed by atoms with van der Waals surface area (Å²) in [5.41, 5.74) is 5.40. The largest absolute Gasteiger partial charge is 0.454 e. The van der Waals surface area contributed by atoms with E-state index in [1.54, 1.807) is 0 Å². The molecule has 0 fully saturated rings. The van der Waals surface area contributed by atoms with Crippen LogP contribution in [-0.4, -0.2) is 24.5 Å². The fraction of sp³-hybridized carbons (Fsp3) is 0. The van der Waals surface area contributed by atoms with E-state index in [-0.39, 0.29) is 0 Å². The maximum Gasteiger partial charge on any atom is 0.238 e. The first-order chi connectivity index (χ1) is 20.8. The summed E-state index contributed by atoms with van der Waals surface area (Å²) in [4.78, 5) is 19.4. The Hall–Kier alpha value is -5.88. The topological polar surface area (TPSA) is 69.6 Å². The zero-order valence-electron chi connectivity index (χ0n) is 22.3. The van der Waals surface area contributed by atoms with Crippen molar-refractivity contribution in [2.45, 2.75) is 0 Å². The maximum absolute atomic E-state index is 6.68. The van der Waals surface area contributed by atoms with Crippen molar-refractivity contribution in [1.29, 1.82) is 0 Å². The molecule has 0 unspecified atom stereocenters. The van der Waals surface area contributed by atoms with E-state index in [0.717, 1.165) is 65.6 Å². The summed E-state index contributed by atoms with van der Waals surface area (Å²) in [6.45, 7) is 0. The molecule has 9 aromatic rings. The van der Waals surface area contributed by atoms with Crippen molar-refractivity contribution in [2.24, 2.45) is 0 Å². The van der Waals surface area contributed by atoms with E-state index in [2.05, 4.69) is 52.0 Å². The Bertz CT molecular complexity index is 2400. The van der Waals surface area contributed by atoms with Crippen LogP contribution in [-0.2, 0) is 0 Å². The summed E-state index contributed by atoms with van der Waals surface area (Å²) >= 11 is 0. The van der Waals surface area contributed by atoms with Crippen LogP contribution in [0.2, 0.25) is 0 Å². The Morgan fingerprint density at radius 2 is 1.24 bits per heavy atom. The van der Waals surface area contributed by atoms with Crippen molar-refractivity contribution in [2.75, 3.05) is 0 Å². The van der Waals surface area contributed by atoms with Gasteiger partial charge in [0.1, 0.15) is 11.1 Å². The molecule has 0 aliphatic carbocycles. The molecule has 0 spiro atoms. The molecule has 0 saturated heterocycles. The average Bonchev–Trinajstić information content (AvgIpc) is 3.59. The van der Waals surface area contributed by atoms with Crippen LogP contribution in [0, 0.1) is 0 Å². The van der Waals surface area contributed by atoms with Crippen LogP contribution >= 0.6 is 0 Å². The molecule has 0 N–H and O–H groups in total. The lowest BCUT2D eigenvalue weighted by atomic mass is 10.1. The predicted molar refractivity (Wildman–Crippen MR) is 168 cm³/mol. The molecule has 4 heterocycles. The van der Waals surface area contributed by atoms with E-state index in [9.17, 15) is 0 Å². The number of nitrogens with zero attached hydrogens (tertiary/aromatic N) is 5. The lowest BCUT2D eigenvalue weighted by Crippen LogP contribution is -2.06. The second kappa shape index (κ2) is 8.81. The van der Waals surface area contributed by atoms with Gasteiger partial charge in [-0.2, -0.15) is 9.97 Å². The van der Waals surface area contributed by atoms with Crippen LogP contribution < -0.4 is 0 Å². The molecule has 0 amide bonds. The number of furan rings is 1. The summed E-state index contributed by atoms with van der Waals surface area (Å²) in [6.07, 6.45) is 3.70. The molecule has 9 rings (SSSR count). The van der Waals surface area contributed by atoms with Crippen molar-refractivity contribution in [3.63, 3.8) is 0 Å². The minimum Gasteiger partial charge on any atom is -0.454 e.